The number of rotatable bonds is 3. The minimum atomic E-state index is 0.175. The van der Waals surface area contributed by atoms with Gasteiger partial charge >= 0.3 is 0 Å². The van der Waals surface area contributed by atoms with E-state index in [0.29, 0.717) is 6.61 Å². The number of ether oxygens (including phenoxy) is 1. The van der Waals surface area contributed by atoms with E-state index in [2.05, 4.69) is 16.3 Å². The predicted molar refractivity (Wildman–Crippen MR) is 61.9 cm³/mol. The van der Waals surface area contributed by atoms with Crippen LogP contribution in [-0.2, 0) is 4.74 Å². The Kier molecular flexibility index (Phi) is 3.11. The molecule has 0 aliphatic carbocycles. The molecule has 0 N–H and O–H groups in total. The molecule has 3 nitrogen and oxygen atoms in total. The van der Waals surface area contributed by atoms with E-state index in [1.807, 2.05) is 31.3 Å². The van der Waals surface area contributed by atoms with Crippen LogP contribution < -0.4 is 4.90 Å². The van der Waals surface area contributed by atoms with E-state index in [1.165, 1.54) is 0 Å². The Morgan fingerprint density at radius 2 is 2.53 bits per heavy atom. The highest BCUT2D eigenvalue weighted by molar-refractivity contribution is 6.30. The lowest BCUT2D eigenvalue weighted by atomic mass is 10.2. The number of benzene rings is 1. The molecule has 1 aromatic carbocycles. The number of halogens is 1. The summed E-state index contributed by atoms with van der Waals surface area (Å²) in [6.07, 6.45) is 2.51. The molecule has 0 aromatic heterocycles. The van der Waals surface area contributed by atoms with Gasteiger partial charge in [0.05, 0.1) is 0 Å². The topological polar surface area (TPSA) is 24.8 Å². The van der Waals surface area contributed by atoms with Crippen LogP contribution in [0, 0.1) is 0 Å². The van der Waals surface area contributed by atoms with Gasteiger partial charge < -0.3 is 9.64 Å². The van der Waals surface area contributed by atoms with Crippen molar-refractivity contribution in [1.82, 2.24) is 0 Å². The summed E-state index contributed by atoms with van der Waals surface area (Å²) < 4.78 is 4.95. The van der Waals surface area contributed by atoms with Crippen LogP contribution in [0.5, 0.6) is 0 Å². The van der Waals surface area contributed by atoms with Gasteiger partial charge in [0.25, 0.3) is 6.40 Å². The average Bonchev–Trinajstić information content (AvgIpc) is 2.70. The highest BCUT2D eigenvalue weighted by atomic mass is 35.5. The molecule has 2 rings (SSSR count). The number of nitrogens with zero attached hydrogens (tertiary/aromatic N) is 2. The molecular weight excluding hydrogens is 212 g/mol. The lowest BCUT2D eigenvalue weighted by Crippen LogP contribution is -2.28. The smallest absolute Gasteiger partial charge is 0.273 e. The fraction of sp³-hybridized carbons (Fsp3) is 0.364. The monoisotopic (exact) mass is 223 g/mol. The van der Waals surface area contributed by atoms with Crippen LogP contribution in [-0.4, -0.2) is 32.6 Å². The zero-order chi connectivity index (χ0) is 10.7. The van der Waals surface area contributed by atoms with Gasteiger partial charge in [0.2, 0.25) is 0 Å². The lowest BCUT2D eigenvalue weighted by molar-refractivity contribution is 0.329. The molecule has 15 heavy (non-hydrogen) atoms. The van der Waals surface area contributed by atoms with Crippen LogP contribution in [0.1, 0.15) is 0 Å². The third-order valence-corrected chi connectivity index (χ3v) is 2.54. The van der Waals surface area contributed by atoms with Crippen molar-refractivity contribution in [1.29, 1.82) is 0 Å². The summed E-state index contributed by atoms with van der Waals surface area (Å²) in [5, 5.41) is 0.747. The van der Waals surface area contributed by atoms with E-state index in [9.17, 15) is 0 Å². The maximum atomic E-state index is 5.92. The van der Waals surface area contributed by atoms with Crippen LogP contribution in [0.4, 0.5) is 5.69 Å². The number of hydrogen-bond donors (Lipinski definition) is 0. The van der Waals surface area contributed by atoms with Crippen LogP contribution in [0.3, 0.4) is 0 Å². The second-order valence-electron chi connectivity index (χ2n) is 3.55. The summed E-state index contributed by atoms with van der Waals surface area (Å²) in [5.74, 6) is 0. The lowest BCUT2D eigenvalue weighted by Gasteiger charge is -2.21. The zero-order valence-corrected chi connectivity index (χ0v) is 9.24. The Balaban J connectivity index is 2.00. The summed E-state index contributed by atoms with van der Waals surface area (Å²) in [6, 6.07) is 7.94. The van der Waals surface area contributed by atoms with Crippen molar-refractivity contribution in [3.63, 3.8) is 0 Å². The van der Waals surface area contributed by atoms with E-state index < -0.39 is 0 Å². The Bertz CT molecular complexity index is 367. The molecule has 1 atom stereocenters. The first-order valence-electron chi connectivity index (χ1n) is 4.79. The second-order valence-corrected chi connectivity index (χ2v) is 3.98. The summed E-state index contributed by atoms with van der Waals surface area (Å²) >= 11 is 5.92. The van der Waals surface area contributed by atoms with Crippen molar-refractivity contribution in [2.24, 2.45) is 4.99 Å². The molecule has 0 spiro atoms. The van der Waals surface area contributed by atoms with E-state index in [-0.39, 0.29) is 6.04 Å². The van der Waals surface area contributed by atoms with E-state index in [1.54, 1.807) is 0 Å². The van der Waals surface area contributed by atoms with Gasteiger partial charge in [0.1, 0.15) is 12.6 Å². The molecule has 1 aliphatic rings. The maximum Gasteiger partial charge on any atom is 0.273 e. The molecule has 0 saturated carbocycles. The number of likely N-dealkylation sites (N-methyl/N-ethyl adjacent to an activating group) is 1. The Hall–Kier alpha value is -1.22. The molecule has 79 valence electrons. The summed E-state index contributed by atoms with van der Waals surface area (Å²) in [6.45, 7) is 1.43. The molecule has 1 aromatic rings. The first kappa shape index (κ1) is 10.3. The molecule has 1 radical (unpaired) electrons. The minimum absolute atomic E-state index is 0.175. The molecule has 1 unspecified atom stereocenters. The van der Waals surface area contributed by atoms with E-state index >= 15 is 0 Å². The van der Waals surface area contributed by atoms with Gasteiger partial charge in [0.15, 0.2) is 0 Å². The Morgan fingerprint density at radius 3 is 3.20 bits per heavy atom. The fourth-order valence-corrected chi connectivity index (χ4v) is 1.70. The van der Waals surface area contributed by atoms with Crippen LogP contribution in [0.2, 0.25) is 5.02 Å². The van der Waals surface area contributed by atoms with Crippen molar-refractivity contribution in [3.05, 3.63) is 29.3 Å². The number of hydrogen-bond acceptors (Lipinski definition) is 3. The second kappa shape index (κ2) is 4.53. The van der Waals surface area contributed by atoms with Gasteiger partial charge in [-0.1, -0.05) is 17.7 Å². The Labute approximate surface area is 94.3 Å². The van der Waals surface area contributed by atoms with Crippen LogP contribution in [0.15, 0.2) is 29.3 Å². The highest BCUT2D eigenvalue weighted by Crippen LogP contribution is 2.19. The zero-order valence-electron chi connectivity index (χ0n) is 8.48. The van der Waals surface area contributed by atoms with Gasteiger partial charge in [-0.25, -0.2) is 4.99 Å². The number of anilines is 1. The SMILES string of the molecule is CN(CC1CO[C]=N1)c1cccc(Cl)c1. The third-order valence-electron chi connectivity index (χ3n) is 2.31. The molecule has 4 heteroatoms. The van der Waals surface area contributed by atoms with Crippen LogP contribution >= 0.6 is 11.6 Å². The normalized spacial score (nSPS) is 18.9. The van der Waals surface area contributed by atoms with Crippen LogP contribution in [0.25, 0.3) is 0 Å². The standard InChI is InChI=1S/C11H12ClN2O/c1-14(6-10-7-15-8-13-10)11-4-2-3-9(12)5-11/h2-5,10H,6-7H2,1H3. The first-order chi connectivity index (χ1) is 7.25. The quantitative estimate of drug-likeness (QED) is 0.784. The molecule has 0 amide bonds. The van der Waals surface area contributed by atoms with E-state index in [4.69, 9.17) is 16.3 Å². The minimum Gasteiger partial charge on any atom is -0.472 e. The van der Waals surface area contributed by atoms with Crippen molar-refractivity contribution in [2.45, 2.75) is 6.04 Å². The highest BCUT2D eigenvalue weighted by Gasteiger charge is 2.15. The Morgan fingerprint density at radius 1 is 1.67 bits per heavy atom. The summed E-state index contributed by atoms with van der Waals surface area (Å²) in [4.78, 5) is 6.18. The van der Waals surface area contributed by atoms with E-state index in [0.717, 1.165) is 17.3 Å². The van der Waals surface area contributed by atoms with Crippen molar-refractivity contribution >= 4 is 23.7 Å². The summed E-state index contributed by atoms with van der Waals surface area (Å²) in [5.41, 5.74) is 1.09. The molecule has 1 heterocycles. The number of aliphatic imine (C=N–C) groups is 1. The van der Waals surface area contributed by atoms with Gasteiger partial charge in [-0.2, -0.15) is 0 Å². The molecular formula is C11H12ClN2O. The predicted octanol–water partition coefficient (Wildman–Crippen LogP) is 2.08. The largest absolute Gasteiger partial charge is 0.472 e. The fourth-order valence-electron chi connectivity index (χ4n) is 1.51. The van der Waals surface area contributed by atoms with Gasteiger partial charge in [-0.15, -0.1) is 0 Å². The third kappa shape index (κ3) is 2.63. The molecule has 0 fully saturated rings. The average molecular weight is 224 g/mol. The molecule has 0 saturated heterocycles. The van der Waals surface area contributed by atoms with Crippen molar-refractivity contribution in [2.75, 3.05) is 25.1 Å². The first-order valence-corrected chi connectivity index (χ1v) is 5.17. The maximum absolute atomic E-state index is 5.92. The molecule has 1 aliphatic heterocycles. The summed E-state index contributed by atoms with van der Waals surface area (Å²) in [7, 11) is 2.01. The van der Waals surface area contributed by atoms with Crippen molar-refractivity contribution in [3.8, 4) is 0 Å². The van der Waals surface area contributed by atoms with Gasteiger partial charge in [-0.05, 0) is 18.2 Å². The van der Waals surface area contributed by atoms with Gasteiger partial charge in [0, 0.05) is 24.3 Å². The van der Waals surface area contributed by atoms with Crippen molar-refractivity contribution < 1.29 is 4.74 Å². The molecule has 0 bridgehead atoms. The van der Waals surface area contributed by atoms with Gasteiger partial charge in [-0.3, -0.25) is 0 Å².